The first-order chi connectivity index (χ1) is 11.7. The minimum Gasteiger partial charge on any atom is -0.315 e. The molecule has 0 N–H and O–H groups in total. The molecule has 0 saturated carbocycles. The third kappa shape index (κ3) is 4.09. The van der Waals surface area contributed by atoms with Gasteiger partial charge in [0.2, 0.25) is 5.91 Å². The lowest BCUT2D eigenvalue weighted by molar-refractivity contribution is -0.171. The highest BCUT2D eigenvalue weighted by Gasteiger charge is 2.51. The van der Waals surface area contributed by atoms with Gasteiger partial charge in [-0.1, -0.05) is 6.92 Å². The van der Waals surface area contributed by atoms with Crippen LogP contribution < -0.4 is 5.01 Å². The van der Waals surface area contributed by atoms with Gasteiger partial charge in [-0.05, 0) is 18.4 Å². The van der Waals surface area contributed by atoms with E-state index in [0.29, 0.717) is 11.4 Å². The number of thioether (sulfide) groups is 1. The number of pyridine rings is 1. The fraction of sp³-hybridized carbons (Fsp3) is 0.500. The molecule has 2 heterocycles. The van der Waals surface area contributed by atoms with Gasteiger partial charge in [0.05, 0.1) is 17.6 Å². The van der Waals surface area contributed by atoms with Crippen molar-refractivity contribution in [2.75, 3.05) is 31.1 Å². The normalized spacial score (nSPS) is 19.7. The van der Waals surface area contributed by atoms with Gasteiger partial charge in [0, 0.05) is 38.2 Å². The largest absolute Gasteiger partial charge is 0.411 e. The molecule has 0 saturated heterocycles. The number of halogens is 3. The van der Waals surface area contributed by atoms with Gasteiger partial charge in [-0.2, -0.15) is 24.9 Å². The Morgan fingerprint density at radius 3 is 2.68 bits per heavy atom. The highest BCUT2D eigenvalue weighted by Crippen LogP contribution is 2.38. The first kappa shape index (κ1) is 19.6. The average molecular weight is 374 g/mol. The summed E-state index contributed by atoms with van der Waals surface area (Å²) in [6.07, 6.45) is 1.70. The van der Waals surface area contributed by atoms with Crippen LogP contribution in [0.2, 0.25) is 0 Å². The molecule has 1 aromatic heterocycles. The van der Waals surface area contributed by atoms with Crippen LogP contribution in [0.5, 0.6) is 0 Å². The molecule has 1 aliphatic heterocycles. The van der Waals surface area contributed by atoms with Gasteiger partial charge >= 0.3 is 6.18 Å². The molecule has 5 nitrogen and oxygen atoms in total. The van der Waals surface area contributed by atoms with Crippen LogP contribution in [-0.2, 0) is 4.79 Å². The van der Waals surface area contributed by atoms with E-state index in [0.717, 1.165) is 9.91 Å². The van der Waals surface area contributed by atoms with Crippen molar-refractivity contribution in [1.29, 1.82) is 0 Å². The highest BCUT2D eigenvalue weighted by atomic mass is 32.2. The molecule has 1 amide bonds. The first-order valence-electron chi connectivity index (χ1n) is 7.65. The molecule has 2 unspecified atom stereocenters. The van der Waals surface area contributed by atoms with Crippen LogP contribution in [0.1, 0.15) is 6.92 Å². The maximum atomic E-state index is 13.7. The van der Waals surface area contributed by atoms with Crippen LogP contribution in [-0.4, -0.2) is 59.1 Å². The average Bonchev–Trinajstić information content (AvgIpc) is 2.92. The summed E-state index contributed by atoms with van der Waals surface area (Å²) >= 11 is 1.48. The zero-order valence-corrected chi connectivity index (χ0v) is 15.3. The summed E-state index contributed by atoms with van der Waals surface area (Å²) in [5.41, 5.74) is 0.393. The second-order valence-electron chi connectivity index (χ2n) is 5.88. The zero-order valence-electron chi connectivity index (χ0n) is 14.5. The summed E-state index contributed by atoms with van der Waals surface area (Å²) in [6, 6.07) is 1.41. The van der Waals surface area contributed by atoms with E-state index in [1.807, 2.05) is 6.26 Å². The molecule has 2 atom stereocenters. The van der Waals surface area contributed by atoms with Gasteiger partial charge in [0.1, 0.15) is 0 Å². The van der Waals surface area contributed by atoms with Crippen molar-refractivity contribution in [2.45, 2.75) is 19.1 Å². The minimum absolute atomic E-state index is 0.100. The Morgan fingerprint density at radius 2 is 2.16 bits per heavy atom. The van der Waals surface area contributed by atoms with Crippen LogP contribution in [0.3, 0.4) is 0 Å². The molecule has 25 heavy (non-hydrogen) atoms. The van der Waals surface area contributed by atoms with Crippen molar-refractivity contribution in [3.63, 3.8) is 0 Å². The number of amides is 1. The lowest BCUT2D eigenvalue weighted by Gasteiger charge is -2.33. The van der Waals surface area contributed by atoms with Crippen molar-refractivity contribution in [3.05, 3.63) is 36.4 Å². The van der Waals surface area contributed by atoms with Gasteiger partial charge in [-0.25, -0.2) is 5.01 Å². The standard InChI is InChI=1S/C16H21F3N4OS/c1-11(10-25-4)15(24)21(2)13-9-23(12-6-5-7-20-8-12)22(3)14(13)16(17,18)19/h5-9,11,14H,10H2,1-4H3. The number of likely N-dealkylation sites (N-methyl/N-ethyl adjacent to an activating group) is 2. The number of hydrogen-bond acceptors (Lipinski definition) is 5. The van der Waals surface area contributed by atoms with Gasteiger partial charge < -0.3 is 4.90 Å². The fourth-order valence-electron chi connectivity index (χ4n) is 2.78. The molecule has 9 heteroatoms. The number of alkyl halides is 3. The van der Waals surface area contributed by atoms with Gasteiger partial charge in [-0.15, -0.1) is 0 Å². The van der Waals surface area contributed by atoms with Crippen LogP contribution in [0.25, 0.3) is 0 Å². The third-order valence-corrected chi connectivity index (χ3v) is 4.86. The smallest absolute Gasteiger partial charge is 0.315 e. The minimum atomic E-state index is -4.52. The summed E-state index contributed by atoms with van der Waals surface area (Å²) in [5, 5.41) is 2.43. The van der Waals surface area contributed by atoms with E-state index in [1.54, 1.807) is 25.3 Å². The fourth-order valence-corrected chi connectivity index (χ4v) is 3.42. The van der Waals surface area contributed by atoms with E-state index in [9.17, 15) is 18.0 Å². The Hall–Kier alpha value is -1.74. The summed E-state index contributed by atoms with van der Waals surface area (Å²) < 4.78 is 41.0. The Balaban J connectivity index is 2.38. The molecule has 0 bridgehead atoms. The molecule has 0 spiro atoms. The number of hydrazine groups is 1. The first-order valence-corrected chi connectivity index (χ1v) is 9.04. The SMILES string of the molecule is CSCC(C)C(=O)N(C)C1=CN(c2cccnc2)N(C)C1C(F)(F)F. The maximum Gasteiger partial charge on any atom is 0.411 e. The van der Waals surface area contributed by atoms with E-state index in [2.05, 4.69) is 4.98 Å². The Labute approximate surface area is 149 Å². The van der Waals surface area contributed by atoms with Crippen molar-refractivity contribution in [1.82, 2.24) is 14.9 Å². The van der Waals surface area contributed by atoms with Crippen LogP contribution in [0, 0.1) is 5.92 Å². The van der Waals surface area contributed by atoms with Crippen molar-refractivity contribution < 1.29 is 18.0 Å². The summed E-state index contributed by atoms with van der Waals surface area (Å²) in [5.74, 6) is -0.154. The van der Waals surface area contributed by atoms with E-state index in [4.69, 9.17) is 0 Å². The molecule has 1 aliphatic rings. The van der Waals surface area contributed by atoms with Crippen LogP contribution >= 0.6 is 11.8 Å². The number of hydrogen-bond donors (Lipinski definition) is 0. The topological polar surface area (TPSA) is 39.7 Å². The van der Waals surface area contributed by atoms with Gasteiger partial charge in [0.25, 0.3) is 0 Å². The highest BCUT2D eigenvalue weighted by molar-refractivity contribution is 7.98. The molecular weight excluding hydrogens is 353 g/mol. The van der Waals surface area contributed by atoms with Crippen molar-refractivity contribution >= 4 is 23.4 Å². The number of aromatic nitrogens is 1. The Kier molecular flexibility index (Phi) is 5.99. The molecule has 0 radical (unpaired) electrons. The Morgan fingerprint density at radius 1 is 1.48 bits per heavy atom. The van der Waals surface area contributed by atoms with Gasteiger partial charge in [-0.3, -0.25) is 14.8 Å². The summed E-state index contributed by atoms with van der Waals surface area (Å²) in [4.78, 5) is 17.6. The van der Waals surface area contributed by atoms with Crippen LogP contribution in [0.15, 0.2) is 36.4 Å². The molecule has 2 rings (SSSR count). The molecule has 138 valence electrons. The van der Waals surface area contributed by atoms with Crippen molar-refractivity contribution in [2.24, 2.45) is 5.92 Å². The predicted molar refractivity (Wildman–Crippen MR) is 92.7 cm³/mol. The van der Waals surface area contributed by atoms with Crippen molar-refractivity contribution in [3.8, 4) is 0 Å². The number of nitrogens with zero attached hydrogens (tertiary/aromatic N) is 4. The van der Waals surface area contributed by atoms with Crippen LogP contribution in [0.4, 0.5) is 18.9 Å². The number of carbonyl (C=O) groups excluding carboxylic acids is 1. The Bertz CT molecular complexity index is 638. The van der Waals surface area contributed by atoms with E-state index in [1.165, 1.54) is 43.3 Å². The quantitative estimate of drug-likeness (QED) is 0.792. The molecule has 0 aromatic carbocycles. The second-order valence-corrected chi connectivity index (χ2v) is 6.79. The van der Waals surface area contributed by atoms with E-state index in [-0.39, 0.29) is 17.5 Å². The van der Waals surface area contributed by atoms with E-state index < -0.39 is 12.2 Å². The number of rotatable bonds is 5. The van der Waals surface area contributed by atoms with Gasteiger partial charge in [0.15, 0.2) is 6.04 Å². The third-order valence-electron chi connectivity index (χ3n) is 4.02. The lowest BCUT2D eigenvalue weighted by Crippen LogP contribution is -2.49. The summed E-state index contributed by atoms with van der Waals surface area (Å²) in [6.45, 7) is 1.72. The number of carbonyl (C=O) groups is 1. The molecule has 0 fully saturated rings. The molecule has 0 aliphatic carbocycles. The monoisotopic (exact) mass is 374 g/mol. The molecule has 1 aromatic rings. The lowest BCUT2D eigenvalue weighted by atomic mass is 10.1. The molecular formula is C16H21F3N4OS. The second kappa shape index (κ2) is 7.65. The van der Waals surface area contributed by atoms with E-state index >= 15 is 0 Å². The summed E-state index contributed by atoms with van der Waals surface area (Å²) in [7, 11) is 2.74. The number of anilines is 1. The zero-order chi connectivity index (χ0) is 18.8. The maximum absolute atomic E-state index is 13.7. The predicted octanol–water partition coefficient (Wildman–Crippen LogP) is 2.98.